The third kappa shape index (κ3) is 3.65. The average molecular weight is 494 g/mol. The lowest BCUT2D eigenvalue weighted by atomic mass is 9.83. The molecule has 3 aromatic rings. The van der Waals surface area contributed by atoms with Gasteiger partial charge in [-0.25, -0.2) is 0 Å². The summed E-state index contributed by atoms with van der Waals surface area (Å²) in [6, 6.07) is 12.0. The van der Waals surface area contributed by atoms with Gasteiger partial charge in [0.05, 0.1) is 5.02 Å². The van der Waals surface area contributed by atoms with Gasteiger partial charge in [-0.1, -0.05) is 64.6 Å². The van der Waals surface area contributed by atoms with Crippen molar-refractivity contribution in [3.63, 3.8) is 0 Å². The highest BCUT2D eigenvalue weighted by atomic mass is 35.5. The Balaban J connectivity index is 2.63. The van der Waals surface area contributed by atoms with E-state index in [0.717, 1.165) is 6.07 Å². The number of phenols is 2. The number of aromatic hydroxyl groups is 2. The molecule has 0 saturated heterocycles. The number of phenolic OH excluding ortho intramolecular Hbond substituents is 2. The molecule has 0 saturated carbocycles. The predicted molar refractivity (Wildman–Crippen MR) is 114 cm³/mol. The highest BCUT2D eigenvalue weighted by molar-refractivity contribution is 7.87. The quantitative estimate of drug-likeness (QED) is 0.239. The van der Waals surface area contributed by atoms with E-state index in [-0.39, 0.29) is 31.2 Å². The molecule has 3 aromatic carbocycles. The lowest BCUT2D eigenvalue weighted by molar-refractivity contribution is 0.394. The lowest BCUT2D eigenvalue weighted by Crippen LogP contribution is -2.38. The Bertz CT molecular complexity index is 1210. The fourth-order valence-electron chi connectivity index (χ4n) is 3.20. The van der Waals surface area contributed by atoms with Crippen LogP contribution in [0.3, 0.4) is 0 Å². The predicted octanol–water partition coefficient (Wildman–Crippen LogP) is 5.89. The van der Waals surface area contributed by atoms with Gasteiger partial charge in [0.1, 0.15) is 0 Å². The Morgan fingerprint density at radius 1 is 0.724 bits per heavy atom. The highest BCUT2D eigenvalue weighted by Gasteiger charge is 2.52. The molecule has 0 heterocycles. The fraction of sp³-hybridized carbons (Fsp3) is 0.0526. The van der Waals surface area contributed by atoms with Crippen molar-refractivity contribution in [2.75, 3.05) is 0 Å². The van der Waals surface area contributed by atoms with E-state index in [1.807, 2.05) is 0 Å². The van der Waals surface area contributed by atoms with Crippen molar-refractivity contribution < 1.29 is 23.2 Å². The van der Waals surface area contributed by atoms with Crippen LogP contribution in [0.1, 0.15) is 16.7 Å². The van der Waals surface area contributed by atoms with Gasteiger partial charge in [0.2, 0.25) is 0 Å². The van der Waals surface area contributed by atoms with Gasteiger partial charge in [0, 0.05) is 26.2 Å². The normalized spacial score (nSPS) is 13.8. The summed E-state index contributed by atoms with van der Waals surface area (Å²) < 4.78 is 33.9. The minimum Gasteiger partial charge on any atom is -0.504 e. The highest BCUT2D eigenvalue weighted by Crippen LogP contribution is 2.52. The first-order valence-corrected chi connectivity index (χ1v) is 10.8. The van der Waals surface area contributed by atoms with E-state index in [2.05, 4.69) is 0 Å². The molecular weight excluding hydrogens is 482 g/mol. The Morgan fingerprint density at radius 2 is 1.34 bits per heavy atom. The zero-order valence-electron chi connectivity index (χ0n) is 14.3. The van der Waals surface area contributed by atoms with Gasteiger partial charge in [0.15, 0.2) is 16.2 Å². The topological polar surface area (TPSA) is 94.8 Å². The van der Waals surface area contributed by atoms with Crippen molar-refractivity contribution in [2.45, 2.75) is 4.75 Å². The van der Waals surface area contributed by atoms with E-state index in [4.69, 9.17) is 46.4 Å². The van der Waals surface area contributed by atoms with E-state index >= 15 is 0 Å². The Labute approximate surface area is 186 Å². The summed E-state index contributed by atoms with van der Waals surface area (Å²) in [7, 11) is -5.11. The molecule has 152 valence electrons. The second-order valence-electron chi connectivity index (χ2n) is 6.08. The average Bonchev–Trinajstić information content (AvgIpc) is 2.64. The van der Waals surface area contributed by atoms with Gasteiger partial charge in [-0.05, 0) is 42.0 Å². The van der Waals surface area contributed by atoms with Gasteiger partial charge in [-0.2, -0.15) is 8.42 Å². The maximum absolute atomic E-state index is 13.0. The molecule has 0 aliphatic heterocycles. The van der Waals surface area contributed by atoms with Crippen LogP contribution >= 0.6 is 46.4 Å². The van der Waals surface area contributed by atoms with Crippen LogP contribution in [0.5, 0.6) is 11.5 Å². The summed E-state index contributed by atoms with van der Waals surface area (Å²) in [6.07, 6.45) is 0. The standard InChI is InChI=1S/C19H12Cl4O5S/c20-11-3-1-2-10(8-11)19(29(26,27)28,14-9-12(21)4-6-15(14)22)13-5-7-16(23)18(25)17(13)24/h1-9,24-25H,(H,26,27,28). The maximum atomic E-state index is 13.0. The van der Waals surface area contributed by atoms with Crippen LogP contribution < -0.4 is 0 Å². The second kappa shape index (κ2) is 7.87. The van der Waals surface area contributed by atoms with Crippen molar-refractivity contribution in [3.8, 4) is 11.5 Å². The molecule has 0 aromatic heterocycles. The molecule has 0 amide bonds. The Kier molecular flexibility index (Phi) is 5.98. The molecule has 0 aliphatic carbocycles. The molecule has 0 aliphatic rings. The zero-order chi connectivity index (χ0) is 21.6. The van der Waals surface area contributed by atoms with Crippen LogP contribution in [0.4, 0.5) is 0 Å². The molecule has 5 nitrogen and oxygen atoms in total. The molecule has 29 heavy (non-hydrogen) atoms. The maximum Gasteiger partial charge on any atom is 0.283 e. The van der Waals surface area contributed by atoms with Crippen molar-refractivity contribution >= 4 is 56.5 Å². The van der Waals surface area contributed by atoms with Crippen molar-refractivity contribution in [1.29, 1.82) is 0 Å². The molecule has 0 fully saturated rings. The minimum absolute atomic E-state index is 0.0475. The van der Waals surface area contributed by atoms with Gasteiger partial charge in [0.25, 0.3) is 10.1 Å². The largest absolute Gasteiger partial charge is 0.504 e. The van der Waals surface area contributed by atoms with E-state index in [1.54, 1.807) is 0 Å². The first-order valence-electron chi connectivity index (χ1n) is 7.89. The third-order valence-electron chi connectivity index (χ3n) is 4.41. The first-order chi connectivity index (χ1) is 13.5. The Morgan fingerprint density at radius 3 is 1.97 bits per heavy atom. The molecule has 10 heteroatoms. The number of benzene rings is 3. The molecule has 0 spiro atoms. The molecule has 3 rings (SSSR count). The van der Waals surface area contributed by atoms with Gasteiger partial charge in [-0.15, -0.1) is 0 Å². The van der Waals surface area contributed by atoms with Crippen molar-refractivity contribution in [3.05, 3.63) is 91.4 Å². The van der Waals surface area contributed by atoms with Crippen LogP contribution in [0.25, 0.3) is 0 Å². The molecule has 0 radical (unpaired) electrons. The van der Waals surface area contributed by atoms with Gasteiger partial charge < -0.3 is 10.2 Å². The van der Waals surface area contributed by atoms with Gasteiger partial charge in [-0.3, -0.25) is 4.55 Å². The summed E-state index contributed by atoms with van der Waals surface area (Å²) in [5, 5.41) is 20.7. The molecular formula is C19H12Cl4O5S. The van der Waals surface area contributed by atoms with E-state index < -0.39 is 31.9 Å². The number of rotatable bonds is 4. The number of hydrogen-bond acceptors (Lipinski definition) is 4. The number of hydrogen-bond donors (Lipinski definition) is 3. The zero-order valence-corrected chi connectivity index (χ0v) is 18.1. The first kappa shape index (κ1) is 22.0. The molecule has 1 unspecified atom stereocenters. The third-order valence-corrected chi connectivity index (χ3v) is 6.96. The summed E-state index contributed by atoms with van der Waals surface area (Å²) in [4.78, 5) is 0. The number of halogens is 4. The van der Waals surface area contributed by atoms with E-state index in [9.17, 15) is 23.2 Å². The van der Waals surface area contributed by atoms with Crippen LogP contribution in [-0.4, -0.2) is 23.2 Å². The molecule has 0 bridgehead atoms. The monoisotopic (exact) mass is 492 g/mol. The second-order valence-corrected chi connectivity index (χ2v) is 9.33. The minimum atomic E-state index is -5.11. The van der Waals surface area contributed by atoms with E-state index in [1.165, 1.54) is 48.5 Å². The summed E-state index contributed by atoms with van der Waals surface area (Å²) in [5.74, 6) is -1.62. The van der Waals surface area contributed by atoms with Gasteiger partial charge >= 0.3 is 0 Å². The Hall–Kier alpha value is -1.67. The SMILES string of the molecule is O=S(=O)(O)C(c1cccc(Cl)c1)(c1cc(Cl)ccc1Cl)c1ccc(Cl)c(O)c1O. The summed E-state index contributed by atoms with van der Waals surface area (Å²) in [5.41, 5.74) is -0.601. The smallest absolute Gasteiger partial charge is 0.283 e. The summed E-state index contributed by atoms with van der Waals surface area (Å²) >= 11 is 24.3. The van der Waals surface area contributed by atoms with Crippen LogP contribution in [0.2, 0.25) is 20.1 Å². The molecule has 1 atom stereocenters. The fourth-order valence-corrected chi connectivity index (χ4v) is 5.34. The van der Waals surface area contributed by atoms with E-state index in [0.29, 0.717) is 0 Å². The molecule has 3 N–H and O–H groups in total. The lowest BCUT2D eigenvalue weighted by Gasteiger charge is -2.34. The van der Waals surface area contributed by atoms with Crippen molar-refractivity contribution in [1.82, 2.24) is 0 Å². The van der Waals surface area contributed by atoms with Crippen LogP contribution in [0.15, 0.2) is 54.6 Å². The van der Waals surface area contributed by atoms with Crippen LogP contribution in [-0.2, 0) is 14.9 Å². The van der Waals surface area contributed by atoms with Crippen molar-refractivity contribution in [2.24, 2.45) is 0 Å². The summed E-state index contributed by atoms with van der Waals surface area (Å²) in [6.45, 7) is 0. The van der Waals surface area contributed by atoms with Crippen LogP contribution in [0, 0.1) is 0 Å².